The fourth-order valence-corrected chi connectivity index (χ4v) is 2.52. The summed E-state index contributed by atoms with van der Waals surface area (Å²) >= 11 is 0. The average Bonchev–Trinajstić information content (AvgIpc) is 2.88. The second-order valence-corrected chi connectivity index (χ2v) is 5.29. The van der Waals surface area contributed by atoms with Gasteiger partial charge in [-0.3, -0.25) is 0 Å². The van der Waals surface area contributed by atoms with Crippen LogP contribution >= 0.6 is 12.4 Å². The number of H-pyrrole nitrogens is 1. The molecule has 126 valence electrons. The van der Waals surface area contributed by atoms with Gasteiger partial charge in [0, 0.05) is 17.1 Å². The number of aromatic amines is 1. The maximum absolute atomic E-state index is 5.30. The van der Waals surface area contributed by atoms with Crippen LogP contribution in [-0.4, -0.2) is 25.2 Å². The molecular formula is C18H31ClN2O. The minimum atomic E-state index is 0. The molecule has 0 aliphatic carbocycles. The minimum absolute atomic E-state index is 0. The van der Waals surface area contributed by atoms with Crippen molar-refractivity contribution in [3.8, 4) is 5.75 Å². The second kappa shape index (κ2) is 11.4. The molecule has 0 fully saturated rings. The maximum Gasteiger partial charge on any atom is 0.119 e. The van der Waals surface area contributed by atoms with Gasteiger partial charge in [-0.1, -0.05) is 33.6 Å². The van der Waals surface area contributed by atoms with Gasteiger partial charge in [0.2, 0.25) is 0 Å². The predicted molar refractivity (Wildman–Crippen MR) is 99.5 cm³/mol. The van der Waals surface area contributed by atoms with Crippen LogP contribution in [0.2, 0.25) is 0 Å². The number of fused-ring (bicyclic) bond motifs is 1. The van der Waals surface area contributed by atoms with Crippen LogP contribution in [0, 0.1) is 0 Å². The molecule has 0 unspecified atom stereocenters. The fourth-order valence-electron chi connectivity index (χ4n) is 2.52. The van der Waals surface area contributed by atoms with E-state index in [1.54, 1.807) is 7.11 Å². The zero-order chi connectivity index (χ0) is 14.2. The van der Waals surface area contributed by atoms with Gasteiger partial charge in [-0.25, -0.2) is 0 Å². The Morgan fingerprint density at radius 2 is 1.95 bits per heavy atom. The molecule has 2 rings (SSSR count). The van der Waals surface area contributed by atoms with E-state index in [4.69, 9.17) is 4.74 Å². The number of hydrogen-bond acceptors (Lipinski definition) is 2. The molecule has 0 aliphatic rings. The van der Waals surface area contributed by atoms with Gasteiger partial charge in [0.25, 0.3) is 0 Å². The van der Waals surface area contributed by atoms with Gasteiger partial charge in [0.15, 0.2) is 0 Å². The monoisotopic (exact) mass is 326 g/mol. The lowest BCUT2D eigenvalue weighted by Crippen LogP contribution is -2.18. The van der Waals surface area contributed by atoms with Gasteiger partial charge >= 0.3 is 0 Å². The molecule has 0 saturated carbocycles. The quantitative estimate of drug-likeness (QED) is 0.640. The maximum atomic E-state index is 5.30. The van der Waals surface area contributed by atoms with E-state index in [-0.39, 0.29) is 19.8 Å². The first kappa shape index (κ1) is 20.8. The fraction of sp³-hybridized carbons (Fsp3) is 0.556. The highest BCUT2D eigenvalue weighted by atomic mass is 35.5. The summed E-state index contributed by atoms with van der Waals surface area (Å²) in [5, 5.41) is 4.81. The van der Waals surface area contributed by atoms with Crippen LogP contribution in [0.3, 0.4) is 0 Å². The van der Waals surface area contributed by atoms with E-state index in [9.17, 15) is 0 Å². The molecular weight excluding hydrogens is 296 g/mol. The molecule has 3 nitrogen and oxygen atoms in total. The molecule has 0 amide bonds. The first-order chi connectivity index (χ1) is 9.85. The van der Waals surface area contributed by atoms with Gasteiger partial charge in [-0.2, -0.15) is 0 Å². The number of benzene rings is 1. The first-order valence-corrected chi connectivity index (χ1v) is 7.70. The van der Waals surface area contributed by atoms with Gasteiger partial charge < -0.3 is 15.0 Å². The third kappa shape index (κ3) is 5.90. The predicted octanol–water partition coefficient (Wildman–Crippen LogP) is 4.95. The lowest BCUT2D eigenvalue weighted by atomic mass is 10.1. The van der Waals surface area contributed by atoms with Crippen LogP contribution in [0.25, 0.3) is 10.9 Å². The lowest BCUT2D eigenvalue weighted by Gasteiger charge is -2.05. The minimum Gasteiger partial charge on any atom is -0.497 e. The zero-order valence-electron chi connectivity index (χ0n) is 13.1. The Morgan fingerprint density at radius 3 is 2.68 bits per heavy atom. The summed E-state index contributed by atoms with van der Waals surface area (Å²) in [5.41, 5.74) is 2.55. The Bertz CT molecular complexity index is 525. The molecule has 1 aromatic carbocycles. The van der Waals surface area contributed by atoms with Crippen molar-refractivity contribution in [2.75, 3.05) is 20.2 Å². The van der Waals surface area contributed by atoms with E-state index in [2.05, 4.69) is 35.6 Å². The normalized spacial score (nSPS) is 10.1. The third-order valence-electron chi connectivity index (χ3n) is 3.75. The van der Waals surface area contributed by atoms with Gasteiger partial charge in [-0.05, 0) is 49.7 Å². The van der Waals surface area contributed by atoms with Crippen molar-refractivity contribution in [1.82, 2.24) is 10.3 Å². The van der Waals surface area contributed by atoms with Crippen LogP contribution < -0.4 is 10.1 Å². The van der Waals surface area contributed by atoms with Crippen LogP contribution in [0.1, 0.15) is 45.6 Å². The molecule has 2 N–H and O–H groups in total. The van der Waals surface area contributed by atoms with Crippen LogP contribution in [0.4, 0.5) is 0 Å². The Hall–Kier alpha value is -1.19. The number of nitrogens with one attached hydrogen (secondary N) is 2. The number of rotatable bonds is 9. The highest BCUT2D eigenvalue weighted by Crippen LogP contribution is 2.23. The number of unbranched alkanes of at least 4 members (excludes halogenated alkanes) is 3. The number of ether oxygens (including phenoxy) is 1. The van der Waals surface area contributed by atoms with E-state index in [1.165, 1.54) is 42.1 Å². The third-order valence-corrected chi connectivity index (χ3v) is 3.75. The van der Waals surface area contributed by atoms with Crippen molar-refractivity contribution in [1.29, 1.82) is 0 Å². The van der Waals surface area contributed by atoms with Gasteiger partial charge in [0.1, 0.15) is 5.75 Å². The molecule has 0 radical (unpaired) electrons. The highest BCUT2D eigenvalue weighted by molar-refractivity contribution is 5.85. The molecule has 0 aliphatic heterocycles. The zero-order valence-corrected chi connectivity index (χ0v) is 13.9. The Morgan fingerprint density at radius 1 is 1.14 bits per heavy atom. The van der Waals surface area contributed by atoms with Crippen molar-refractivity contribution in [3.63, 3.8) is 0 Å². The molecule has 0 saturated heterocycles. The molecule has 0 bridgehead atoms. The first-order valence-electron chi connectivity index (χ1n) is 7.70. The lowest BCUT2D eigenvalue weighted by molar-refractivity contribution is 0.415. The molecule has 2 aromatic rings. The van der Waals surface area contributed by atoms with Gasteiger partial charge in [-0.15, -0.1) is 12.4 Å². The topological polar surface area (TPSA) is 37.0 Å². The Kier molecular flexibility index (Phi) is 10.8. The summed E-state index contributed by atoms with van der Waals surface area (Å²) in [4.78, 5) is 3.32. The van der Waals surface area contributed by atoms with E-state index in [1.807, 2.05) is 6.07 Å². The average molecular weight is 327 g/mol. The summed E-state index contributed by atoms with van der Waals surface area (Å²) in [6, 6.07) is 6.19. The number of methoxy groups -OCH3 is 1. The molecule has 4 heteroatoms. The van der Waals surface area contributed by atoms with E-state index < -0.39 is 0 Å². The molecule has 1 aromatic heterocycles. The number of hydrogen-bond donors (Lipinski definition) is 2. The summed E-state index contributed by atoms with van der Waals surface area (Å²) in [6.45, 7) is 4.42. The summed E-state index contributed by atoms with van der Waals surface area (Å²) in [5.74, 6) is 0.922. The van der Waals surface area contributed by atoms with Crippen molar-refractivity contribution in [2.24, 2.45) is 0 Å². The standard InChI is InChI=1S/C17H26N2O.CH4.ClH/c1-3-4-5-6-10-18-11-9-14-13-19-17-8-7-15(20-2)12-16(14)17;;/h7-8,12-13,18-19H,3-6,9-11H2,1-2H3;1H4;1H. The van der Waals surface area contributed by atoms with Crippen LogP contribution in [0.15, 0.2) is 24.4 Å². The molecule has 1 heterocycles. The van der Waals surface area contributed by atoms with Crippen molar-refractivity contribution in [2.45, 2.75) is 46.5 Å². The summed E-state index contributed by atoms with van der Waals surface area (Å²) in [6.07, 6.45) is 8.45. The molecule has 22 heavy (non-hydrogen) atoms. The van der Waals surface area contributed by atoms with Crippen LogP contribution in [0.5, 0.6) is 5.75 Å². The number of halogens is 1. The van der Waals surface area contributed by atoms with E-state index >= 15 is 0 Å². The highest BCUT2D eigenvalue weighted by Gasteiger charge is 2.04. The van der Waals surface area contributed by atoms with Crippen LogP contribution in [-0.2, 0) is 6.42 Å². The van der Waals surface area contributed by atoms with Gasteiger partial charge in [0.05, 0.1) is 7.11 Å². The smallest absolute Gasteiger partial charge is 0.119 e. The van der Waals surface area contributed by atoms with Crippen molar-refractivity contribution in [3.05, 3.63) is 30.0 Å². The molecule has 0 atom stereocenters. The Balaban J connectivity index is 0.00000220. The van der Waals surface area contributed by atoms with Crippen molar-refractivity contribution < 1.29 is 4.74 Å². The summed E-state index contributed by atoms with van der Waals surface area (Å²) < 4.78 is 5.30. The van der Waals surface area contributed by atoms with E-state index in [0.29, 0.717) is 0 Å². The van der Waals surface area contributed by atoms with E-state index in [0.717, 1.165) is 25.3 Å². The second-order valence-electron chi connectivity index (χ2n) is 5.29. The largest absolute Gasteiger partial charge is 0.497 e. The summed E-state index contributed by atoms with van der Waals surface area (Å²) in [7, 11) is 1.71. The Labute approximate surface area is 141 Å². The number of aromatic nitrogens is 1. The van der Waals surface area contributed by atoms with Crippen molar-refractivity contribution >= 4 is 23.3 Å². The SMILES string of the molecule is C.CCCCCCNCCc1c[nH]c2ccc(OC)cc12.Cl. The molecule has 0 spiro atoms.